The molecule has 1 aliphatic rings. The predicted octanol–water partition coefficient (Wildman–Crippen LogP) is 4.33. The van der Waals surface area contributed by atoms with E-state index < -0.39 is 0 Å². The molecule has 1 fully saturated rings. The minimum atomic E-state index is 0.00223. The highest BCUT2D eigenvalue weighted by molar-refractivity contribution is 9.10. The van der Waals surface area contributed by atoms with Crippen LogP contribution in [0.25, 0.3) is 11.4 Å². The third-order valence-electron chi connectivity index (χ3n) is 5.36. The lowest BCUT2D eigenvalue weighted by atomic mass is 10.1. The Labute approximate surface area is 178 Å². The summed E-state index contributed by atoms with van der Waals surface area (Å²) in [6.07, 6.45) is 0. The summed E-state index contributed by atoms with van der Waals surface area (Å²) >= 11 is 3.47. The van der Waals surface area contributed by atoms with Crippen LogP contribution in [-0.2, 0) is 0 Å². The number of amides is 1. The van der Waals surface area contributed by atoms with Gasteiger partial charge < -0.3 is 9.42 Å². The molecule has 6 nitrogen and oxygen atoms in total. The van der Waals surface area contributed by atoms with E-state index in [9.17, 15) is 4.79 Å². The monoisotopic (exact) mass is 454 g/mol. The van der Waals surface area contributed by atoms with Crippen LogP contribution >= 0.6 is 15.9 Å². The Morgan fingerprint density at radius 1 is 1.07 bits per heavy atom. The number of hydrogen-bond donors (Lipinski definition) is 0. The third-order valence-corrected chi connectivity index (χ3v) is 6.05. The molecule has 29 heavy (non-hydrogen) atoms. The van der Waals surface area contributed by atoms with Gasteiger partial charge in [-0.05, 0) is 41.9 Å². The number of rotatable bonds is 4. The fourth-order valence-corrected chi connectivity index (χ4v) is 3.95. The Morgan fingerprint density at radius 2 is 1.76 bits per heavy atom. The van der Waals surface area contributed by atoms with Crippen LogP contribution in [-0.4, -0.2) is 52.0 Å². The van der Waals surface area contributed by atoms with Crippen LogP contribution in [0.15, 0.2) is 57.5 Å². The van der Waals surface area contributed by atoms with Crippen molar-refractivity contribution in [2.45, 2.75) is 19.9 Å². The van der Waals surface area contributed by atoms with Crippen LogP contribution in [0, 0.1) is 6.92 Å². The van der Waals surface area contributed by atoms with Gasteiger partial charge in [-0.15, -0.1) is 0 Å². The Bertz CT molecular complexity index is 994. The summed E-state index contributed by atoms with van der Waals surface area (Å²) in [5.41, 5.74) is 2.84. The maximum atomic E-state index is 12.8. The van der Waals surface area contributed by atoms with Gasteiger partial charge in [-0.25, -0.2) is 0 Å². The maximum Gasteiger partial charge on any atom is 0.255 e. The number of aryl methyl sites for hydroxylation is 1. The van der Waals surface area contributed by atoms with E-state index >= 15 is 0 Å². The molecular weight excluding hydrogens is 432 g/mol. The summed E-state index contributed by atoms with van der Waals surface area (Å²) in [6, 6.07) is 15.6. The zero-order chi connectivity index (χ0) is 20.4. The molecule has 0 aliphatic carbocycles. The van der Waals surface area contributed by atoms with Crippen molar-refractivity contribution in [3.05, 3.63) is 70.0 Å². The van der Waals surface area contributed by atoms with E-state index in [-0.39, 0.29) is 11.9 Å². The van der Waals surface area contributed by atoms with Crippen molar-refractivity contribution in [3.63, 3.8) is 0 Å². The molecule has 1 amide bonds. The highest BCUT2D eigenvalue weighted by Crippen LogP contribution is 2.25. The van der Waals surface area contributed by atoms with E-state index in [0.717, 1.165) is 23.1 Å². The topological polar surface area (TPSA) is 62.5 Å². The van der Waals surface area contributed by atoms with Gasteiger partial charge in [-0.3, -0.25) is 9.69 Å². The number of halogens is 1. The normalized spacial score (nSPS) is 16.0. The van der Waals surface area contributed by atoms with E-state index in [1.807, 2.05) is 60.4 Å². The Hall–Kier alpha value is -2.51. The number of benzene rings is 2. The first-order valence-electron chi connectivity index (χ1n) is 9.71. The first kappa shape index (κ1) is 19.8. The molecular formula is C22H23BrN4O2. The van der Waals surface area contributed by atoms with Crippen LogP contribution < -0.4 is 0 Å². The molecule has 4 rings (SSSR count). The van der Waals surface area contributed by atoms with E-state index in [0.29, 0.717) is 30.4 Å². The van der Waals surface area contributed by atoms with Crippen molar-refractivity contribution in [3.8, 4) is 11.4 Å². The number of carbonyl (C=O) groups excluding carboxylic acids is 1. The number of carbonyl (C=O) groups is 1. The van der Waals surface area contributed by atoms with E-state index in [1.165, 1.54) is 5.56 Å². The molecule has 1 aromatic heterocycles. The summed E-state index contributed by atoms with van der Waals surface area (Å²) in [7, 11) is 0. The summed E-state index contributed by atoms with van der Waals surface area (Å²) in [5.74, 6) is 1.27. The fourth-order valence-electron chi connectivity index (χ4n) is 3.50. The van der Waals surface area contributed by atoms with Gasteiger partial charge in [-0.2, -0.15) is 4.98 Å². The Kier molecular flexibility index (Phi) is 5.78. The third kappa shape index (κ3) is 4.26. The summed E-state index contributed by atoms with van der Waals surface area (Å²) < 4.78 is 6.36. The average Bonchev–Trinajstić information content (AvgIpc) is 3.24. The van der Waals surface area contributed by atoms with Gasteiger partial charge in [0.1, 0.15) is 0 Å². The van der Waals surface area contributed by atoms with Crippen LogP contribution in [0.3, 0.4) is 0 Å². The van der Waals surface area contributed by atoms with Crippen LogP contribution in [0.4, 0.5) is 0 Å². The highest BCUT2D eigenvalue weighted by Gasteiger charge is 2.28. The minimum absolute atomic E-state index is 0.00223. The quantitative estimate of drug-likeness (QED) is 0.586. The molecule has 0 saturated carbocycles. The molecule has 1 saturated heterocycles. The lowest BCUT2D eigenvalue weighted by Crippen LogP contribution is -2.49. The molecule has 1 aliphatic heterocycles. The maximum absolute atomic E-state index is 12.8. The fraction of sp³-hybridized carbons (Fsp3) is 0.318. The lowest BCUT2D eigenvalue weighted by molar-refractivity contribution is 0.0551. The molecule has 2 aromatic carbocycles. The second kappa shape index (κ2) is 8.47. The highest BCUT2D eigenvalue weighted by atomic mass is 79.9. The van der Waals surface area contributed by atoms with Crippen LogP contribution in [0.2, 0.25) is 0 Å². The lowest BCUT2D eigenvalue weighted by Gasteiger charge is -2.36. The van der Waals surface area contributed by atoms with Crippen molar-refractivity contribution >= 4 is 21.8 Å². The molecule has 1 unspecified atom stereocenters. The number of nitrogens with zero attached hydrogens (tertiary/aromatic N) is 4. The molecule has 0 radical (unpaired) electrons. The van der Waals surface area contributed by atoms with Crippen molar-refractivity contribution in [2.75, 3.05) is 26.2 Å². The molecule has 3 aromatic rings. The molecule has 7 heteroatoms. The largest absolute Gasteiger partial charge is 0.337 e. The van der Waals surface area contributed by atoms with Gasteiger partial charge in [0, 0.05) is 36.2 Å². The van der Waals surface area contributed by atoms with Gasteiger partial charge in [-0.1, -0.05) is 47.1 Å². The Morgan fingerprint density at radius 3 is 2.45 bits per heavy atom. The summed E-state index contributed by atoms with van der Waals surface area (Å²) in [4.78, 5) is 21.6. The molecule has 150 valence electrons. The molecule has 1 atom stereocenters. The summed E-state index contributed by atoms with van der Waals surface area (Å²) in [5, 5.41) is 4.14. The standard InChI is InChI=1S/C22H23BrN4O2/c1-15-7-9-17(10-8-15)20-24-21(29-25-20)16(2)26-11-13-27(14-12-26)22(28)18-5-3-4-6-19(18)23/h3-10,16H,11-14H2,1-2H3. The molecule has 0 bridgehead atoms. The number of aromatic nitrogens is 2. The first-order valence-corrected chi connectivity index (χ1v) is 10.5. The molecule has 0 spiro atoms. The Balaban J connectivity index is 1.39. The zero-order valence-corrected chi connectivity index (χ0v) is 18.1. The first-order chi connectivity index (χ1) is 14.0. The SMILES string of the molecule is Cc1ccc(-c2noc(C(C)N3CCN(C(=O)c4ccccc4Br)CC3)n2)cc1. The predicted molar refractivity (Wildman–Crippen MR) is 115 cm³/mol. The zero-order valence-electron chi connectivity index (χ0n) is 16.5. The second-order valence-electron chi connectivity index (χ2n) is 7.31. The van der Waals surface area contributed by atoms with Crippen molar-refractivity contribution < 1.29 is 9.32 Å². The second-order valence-corrected chi connectivity index (χ2v) is 8.16. The van der Waals surface area contributed by atoms with E-state index in [2.05, 4.69) is 37.9 Å². The average molecular weight is 455 g/mol. The van der Waals surface area contributed by atoms with Gasteiger partial charge >= 0.3 is 0 Å². The minimum Gasteiger partial charge on any atom is -0.337 e. The smallest absolute Gasteiger partial charge is 0.255 e. The van der Waals surface area contributed by atoms with Gasteiger partial charge in [0.2, 0.25) is 11.7 Å². The van der Waals surface area contributed by atoms with Crippen molar-refractivity contribution in [1.29, 1.82) is 0 Å². The van der Waals surface area contributed by atoms with Gasteiger partial charge in [0.25, 0.3) is 5.91 Å². The number of piperazine rings is 1. The van der Waals surface area contributed by atoms with Crippen LogP contribution in [0.1, 0.15) is 34.8 Å². The molecule has 0 N–H and O–H groups in total. The van der Waals surface area contributed by atoms with E-state index in [1.54, 1.807) is 0 Å². The molecule has 2 heterocycles. The van der Waals surface area contributed by atoms with Crippen LogP contribution in [0.5, 0.6) is 0 Å². The summed E-state index contributed by atoms with van der Waals surface area (Å²) in [6.45, 7) is 6.98. The van der Waals surface area contributed by atoms with Gasteiger partial charge in [0.05, 0.1) is 11.6 Å². The van der Waals surface area contributed by atoms with Crippen molar-refractivity contribution in [1.82, 2.24) is 19.9 Å². The van der Waals surface area contributed by atoms with Crippen molar-refractivity contribution in [2.24, 2.45) is 0 Å². The van der Waals surface area contributed by atoms with Gasteiger partial charge in [0.15, 0.2) is 0 Å². The van der Waals surface area contributed by atoms with E-state index in [4.69, 9.17) is 4.52 Å². The number of hydrogen-bond acceptors (Lipinski definition) is 5.